The quantitative estimate of drug-likeness (QED) is 0.430. The van der Waals surface area contributed by atoms with Crippen LogP contribution in [0.15, 0.2) is 77.8 Å². The van der Waals surface area contributed by atoms with Gasteiger partial charge in [0.1, 0.15) is 11.3 Å². The van der Waals surface area contributed by atoms with E-state index in [1.54, 1.807) is 54.7 Å². The van der Waals surface area contributed by atoms with Crippen molar-refractivity contribution in [1.29, 1.82) is 0 Å². The lowest BCUT2D eigenvalue weighted by Gasteiger charge is -2.19. The number of nitrogens with zero attached hydrogens (tertiary/aromatic N) is 3. The van der Waals surface area contributed by atoms with Crippen molar-refractivity contribution in [3.05, 3.63) is 83.6 Å². The van der Waals surface area contributed by atoms with Gasteiger partial charge in [0.25, 0.3) is 0 Å². The summed E-state index contributed by atoms with van der Waals surface area (Å²) in [6, 6.07) is 18.6. The van der Waals surface area contributed by atoms with Gasteiger partial charge in [-0.05, 0) is 36.4 Å². The van der Waals surface area contributed by atoms with Gasteiger partial charge in [0, 0.05) is 6.20 Å². The highest BCUT2D eigenvalue weighted by molar-refractivity contribution is 7.92. The molecular formula is C21H16ClN3O3S2. The van der Waals surface area contributed by atoms with Crippen molar-refractivity contribution in [2.45, 2.75) is 11.4 Å². The van der Waals surface area contributed by atoms with E-state index in [1.165, 1.54) is 28.4 Å². The van der Waals surface area contributed by atoms with E-state index in [0.29, 0.717) is 21.4 Å². The van der Waals surface area contributed by atoms with Crippen LogP contribution in [0.3, 0.4) is 0 Å². The van der Waals surface area contributed by atoms with Gasteiger partial charge in [0.2, 0.25) is 5.91 Å². The highest BCUT2D eigenvalue weighted by Crippen LogP contribution is 2.33. The van der Waals surface area contributed by atoms with E-state index in [-0.39, 0.29) is 11.4 Å². The molecule has 4 rings (SSSR count). The molecule has 6 nitrogen and oxygen atoms in total. The lowest BCUT2D eigenvalue weighted by atomic mass is 10.3. The summed E-state index contributed by atoms with van der Waals surface area (Å²) in [6.45, 7) is 0.0986. The second kappa shape index (κ2) is 8.51. The summed E-state index contributed by atoms with van der Waals surface area (Å²) < 4.78 is 26.3. The van der Waals surface area contributed by atoms with Crippen LogP contribution in [0.1, 0.15) is 5.69 Å². The SMILES string of the molecule is O=C(CS(=O)(=O)c1ccccc1)N(Cc1ccccn1)c1nc2c(Cl)cccc2s1. The summed E-state index contributed by atoms with van der Waals surface area (Å²) >= 11 is 7.51. The van der Waals surface area contributed by atoms with Crippen LogP contribution in [-0.2, 0) is 21.2 Å². The number of rotatable bonds is 6. The lowest BCUT2D eigenvalue weighted by molar-refractivity contribution is -0.116. The van der Waals surface area contributed by atoms with E-state index in [2.05, 4.69) is 9.97 Å². The average molecular weight is 458 g/mol. The third-order valence-corrected chi connectivity index (χ3v) is 7.32. The Morgan fingerprint density at radius 2 is 1.77 bits per heavy atom. The molecule has 0 spiro atoms. The molecule has 0 saturated carbocycles. The molecule has 0 N–H and O–H groups in total. The van der Waals surface area contributed by atoms with E-state index < -0.39 is 21.5 Å². The molecular weight excluding hydrogens is 442 g/mol. The molecule has 2 heterocycles. The second-order valence-electron chi connectivity index (χ2n) is 6.46. The van der Waals surface area contributed by atoms with Gasteiger partial charge in [-0.3, -0.25) is 14.7 Å². The summed E-state index contributed by atoms with van der Waals surface area (Å²) in [6.07, 6.45) is 1.62. The normalized spacial score (nSPS) is 11.5. The summed E-state index contributed by atoms with van der Waals surface area (Å²) in [5.74, 6) is -1.26. The van der Waals surface area contributed by atoms with E-state index in [4.69, 9.17) is 11.6 Å². The van der Waals surface area contributed by atoms with Gasteiger partial charge < -0.3 is 0 Å². The third kappa shape index (κ3) is 4.35. The van der Waals surface area contributed by atoms with Gasteiger partial charge in [-0.1, -0.05) is 53.3 Å². The molecule has 0 aliphatic heterocycles. The zero-order valence-corrected chi connectivity index (χ0v) is 18.0. The Bertz CT molecular complexity index is 1290. The van der Waals surface area contributed by atoms with Crippen LogP contribution >= 0.6 is 22.9 Å². The molecule has 2 aromatic carbocycles. The maximum atomic E-state index is 13.2. The summed E-state index contributed by atoms with van der Waals surface area (Å²) in [4.78, 5) is 23.4. The van der Waals surface area contributed by atoms with Crippen LogP contribution in [0.4, 0.5) is 5.13 Å². The molecule has 30 heavy (non-hydrogen) atoms. The van der Waals surface area contributed by atoms with Crippen LogP contribution in [0.2, 0.25) is 5.02 Å². The molecule has 4 aromatic rings. The number of thiazole rings is 1. The van der Waals surface area contributed by atoms with Crippen molar-refractivity contribution in [3.8, 4) is 0 Å². The maximum Gasteiger partial charge on any atom is 0.244 e. The highest BCUT2D eigenvalue weighted by Gasteiger charge is 2.27. The molecule has 0 unspecified atom stereocenters. The number of benzene rings is 2. The molecule has 0 radical (unpaired) electrons. The highest BCUT2D eigenvalue weighted by atomic mass is 35.5. The standard InChI is InChI=1S/C21H16ClN3O3S2/c22-17-10-6-11-18-20(17)24-21(29-18)25(13-15-7-4-5-12-23-15)19(26)14-30(27,28)16-8-2-1-3-9-16/h1-12H,13-14H2. The number of hydrogen-bond donors (Lipinski definition) is 0. The number of carbonyl (C=O) groups is 1. The number of aromatic nitrogens is 2. The number of amides is 1. The van der Waals surface area contributed by atoms with Crippen LogP contribution in [-0.4, -0.2) is 30.0 Å². The predicted octanol–water partition coefficient (Wildman–Crippen LogP) is 4.35. The van der Waals surface area contributed by atoms with Gasteiger partial charge in [-0.2, -0.15) is 0 Å². The van der Waals surface area contributed by atoms with Crippen molar-refractivity contribution in [1.82, 2.24) is 9.97 Å². The Balaban J connectivity index is 1.71. The van der Waals surface area contributed by atoms with Crippen molar-refractivity contribution in [2.75, 3.05) is 10.7 Å². The first-order chi connectivity index (χ1) is 14.4. The second-order valence-corrected chi connectivity index (χ2v) is 9.86. The van der Waals surface area contributed by atoms with E-state index in [0.717, 1.165) is 4.70 Å². The molecule has 1 amide bonds. The van der Waals surface area contributed by atoms with Gasteiger partial charge in [0.15, 0.2) is 15.0 Å². The molecule has 0 fully saturated rings. The minimum Gasteiger partial charge on any atom is -0.281 e. The molecule has 0 saturated heterocycles. The molecule has 2 aromatic heterocycles. The number of fused-ring (bicyclic) bond motifs is 1. The van der Waals surface area contributed by atoms with Gasteiger partial charge in [-0.25, -0.2) is 13.4 Å². The zero-order valence-electron chi connectivity index (χ0n) is 15.6. The van der Waals surface area contributed by atoms with Crippen LogP contribution in [0.25, 0.3) is 10.2 Å². The van der Waals surface area contributed by atoms with Gasteiger partial charge in [-0.15, -0.1) is 0 Å². The molecule has 0 aliphatic rings. The fraction of sp³-hybridized carbons (Fsp3) is 0.0952. The number of halogens is 1. The van der Waals surface area contributed by atoms with Gasteiger partial charge in [0.05, 0.1) is 26.9 Å². The van der Waals surface area contributed by atoms with Crippen LogP contribution < -0.4 is 4.90 Å². The molecule has 0 aliphatic carbocycles. The lowest BCUT2D eigenvalue weighted by Crippen LogP contribution is -2.35. The zero-order chi connectivity index (χ0) is 21.1. The largest absolute Gasteiger partial charge is 0.281 e. The maximum absolute atomic E-state index is 13.2. The van der Waals surface area contributed by atoms with Crippen LogP contribution in [0.5, 0.6) is 0 Å². The van der Waals surface area contributed by atoms with Crippen molar-refractivity contribution >= 4 is 54.0 Å². The number of carbonyl (C=O) groups excluding carboxylic acids is 1. The summed E-state index contributed by atoms with van der Waals surface area (Å²) in [5, 5.41) is 0.842. The Kier molecular flexibility index (Phi) is 5.80. The van der Waals surface area contributed by atoms with E-state index in [1.807, 2.05) is 6.07 Å². The Morgan fingerprint density at radius 1 is 1.00 bits per heavy atom. The van der Waals surface area contributed by atoms with Crippen molar-refractivity contribution < 1.29 is 13.2 Å². The number of sulfone groups is 1. The Morgan fingerprint density at radius 3 is 2.47 bits per heavy atom. The van der Waals surface area contributed by atoms with Gasteiger partial charge >= 0.3 is 0 Å². The first kappa shape index (κ1) is 20.5. The van der Waals surface area contributed by atoms with Crippen molar-refractivity contribution in [3.63, 3.8) is 0 Å². The molecule has 0 bridgehead atoms. The topological polar surface area (TPSA) is 80.2 Å². The number of para-hydroxylation sites is 1. The summed E-state index contributed by atoms with van der Waals surface area (Å²) in [5.41, 5.74) is 1.19. The minimum atomic E-state index is -3.80. The molecule has 0 atom stereocenters. The average Bonchev–Trinajstić information content (AvgIpc) is 3.18. The predicted molar refractivity (Wildman–Crippen MR) is 119 cm³/mol. The van der Waals surface area contributed by atoms with Crippen molar-refractivity contribution in [2.24, 2.45) is 0 Å². The first-order valence-corrected chi connectivity index (χ1v) is 11.8. The monoisotopic (exact) mass is 457 g/mol. The fourth-order valence-electron chi connectivity index (χ4n) is 2.89. The third-order valence-electron chi connectivity index (χ3n) is 4.35. The van der Waals surface area contributed by atoms with Crippen LogP contribution in [0, 0.1) is 0 Å². The first-order valence-electron chi connectivity index (χ1n) is 8.97. The van der Waals surface area contributed by atoms with E-state index >= 15 is 0 Å². The Hall–Kier alpha value is -2.81. The number of hydrogen-bond acceptors (Lipinski definition) is 6. The number of anilines is 1. The number of pyridine rings is 1. The smallest absolute Gasteiger partial charge is 0.244 e. The minimum absolute atomic E-state index is 0.0986. The molecule has 9 heteroatoms. The molecule has 152 valence electrons. The fourth-order valence-corrected chi connectivity index (χ4v) is 5.39. The summed E-state index contributed by atoms with van der Waals surface area (Å²) in [7, 11) is -3.80. The Labute approximate surface area is 182 Å². The van der Waals surface area contributed by atoms with E-state index in [9.17, 15) is 13.2 Å².